The summed E-state index contributed by atoms with van der Waals surface area (Å²) in [5.74, 6) is -0.149. The molecule has 0 saturated carbocycles. The molecule has 0 spiro atoms. The number of nitrogens with one attached hydrogen (secondary N) is 1. The molecule has 0 aromatic heterocycles. The average molecular weight is 503 g/mol. The van der Waals surface area contributed by atoms with Gasteiger partial charge >= 0.3 is 164 Å². The van der Waals surface area contributed by atoms with Gasteiger partial charge in [0.15, 0.2) is 0 Å². The molecule has 3 rings (SSSR count). The third-order valence-electron chi connectivity index (χ3n) is 4.97. The van der Waals surface area contributed by atoms with E-state index in [1.54, 1.807) is 31.2 Å². The van der Waals surface area contributed by atoms with E-state index in [4.69, 9.17) is 0 Å². The van der Waals surface area contributed by atoms with E-state index in [-0.39, 0.29) is 38.4 Å². The molecule has 0 unspecified atom stereocenters. The van der Waals surface area contributed by atoms with E-state index < -0.39 is 0 Å². The van der Waals surface area contributed by atoms with Gasteiger partial charge < -0.3 is 0 Å². The number of amides is 1. The van der Waals surface area contributed by atoms with Crippen LogP contribution in [0.4, 0.5) is 0 Å². The summed E-state index contributed by atoms with van der Waals surface area (Å²) in [6, 6.07) is 17.5. The van der Waals surface area contributed by atoms with Crippen molar-refractivity contribution in [2.45, 2.75) is 37.1 Å². The van der Waals surface area contributed by atoms with E-state index in [9.17, 15) is 14.4 Å². The monoisotopic (exact) mass is 505 g/mol. The van der Waals surface area contributed by atoms with Gasteiger partial charge in [-0.3, -0.25) is 0 Å². The number of hydrogen-bond acceptors (Lipinski definition) is 3. The Balaban J connectivity index is 1.39. The summed E-state index contributed by atoms with van der Waals surface area (Å²) in [6.45, 7) is 2.41. The maximum absolute atomic E-state index is 12.7. The van der Waals surface area contributed by atoms with Crippen LogP contribution in [0.3, 0.4) is 0 Å². The van der Waals surface area contributed by atoms with Crippen molar-refractivity contribution in [3.63, 3.8) is 0 Å². The Labute approximate surface area is 181 Å². The Hall–Kier alpha value is -2.22. The van der Waals surface area contributed by atoms with Gasteiger partial charge in [-0.15, -0.1) is 0 Å². The van der Waals surface area contributed by atoms with E-state index in [0.717, 1.165) is 10.9 Å². The number of carbonyl (C=O) groups is 3. The van der Waals surface area contributed by atoms with Crippen LogP contribution in [0.5, 0.6) is 0 Å². The molecule has 2 aromatic rings. The summed E-state index contributed by atoms with van der Waals surface area (Å²) in [7, 11) is 0. The standard InChI is InChI=1S/C24H25NO3Te/c1-17-19(24(28)21-12-6-5-11-20(21)23(17)27)13-7-14-22(26)25-15-8-16-29-18-9-3-2-4-10-18/h2-6,9-12H,7-8,13-16H2,1H3,(H,25,26). The first kappa shape index (κ1) is 21.5. The molecular weight excluding hydrogens is 478 g/mol. The van der Waals surface area contributed by atoms with Crippen LogP contribution in [-0.4, -0.2) is 44.9 Å². The van der Waals surface area contributed by atoms with Gasteiger partial charge in [0.2, 0.25) is 0 Å². The molecular formula is C24H25NO3Te. The first-order chi connectivity index (χ1) is 14.1. The molecule has 0 radical (unpaired) electrons. The van der Waals surface area contributed by atoms with E-state index in [1.165, 1.54) is 3.61 Å². The fourth-order valence-electron chi connectivity index (χ4n) is 3.37. The summed E-state index contributed by atoms with van der Waals surface area (Å²) >= 11 is -0.172. The molecule has 29 heavy (non-hydrogen) atoms. The van der Waals surface area contributed by atoms with Gasteiger partial charge in [-0.1, -0.05) is 18.2 Å². The van der Waals surface area contributed by atoms with Crippen LogP contribution in [-0.2, 0) is 4.79 Å². The number of carbonyl (C=O) groups excluding carboxylic acids is 3. The number of benzene rings is 2. The topological polar surface area (TPSA) is 63.2 Å². The quantitative estimate of drug-likeness (QED) is 0.421. The molecule has 0 saturated heterocycles. The Morgan fingerprint density at radius 1 is 0.897 bits per heavy atom. The normalized spacial score (nSPS) is 13.4. The van der Waals surface area contributed by atoms with E-state index in [1.807, 2.05) is 6.07 Å². The van der Waals surface area contributed by atoms with Gasteiger partial charge in [0.1, 0.15) is 0 Å². The second-order valence-corrected chi connectivity index (χ2v) is 10.4. The molecule has 1 N–H and O–H groups in total. The first-order valence-corrected chi connectivity index (χ1v) is 12.7. The van der Waals surface area contributed by atoms with Gasteiger partial charge in [0, 0.05) is 0 Å². The van der Waals surface area contributed by atoms with Crippen molar-refractivity contribution in [1.82, 2.24) is 5.32 Å². The summed E-state index contributed by atoms with van der Waals surface area (Å²) in [5.41, 5.74) is 2.02. The fraction of sp³-hybridized carbons (Fsp3) is 0.292. The molecule has 2 aromatic carbocycles. The maximum atomic E-state index is 12.7. The zero-order valence-electron chi connectivity index (χ0n) is 16.6. The average Bonchev–Trinajstić information content (AvgIpc) is 2.75. The molecule has 150 valence electrons. The number of ketones is 2. The molecule has 0 aliphatic heterocycles. The molecule has 5 heteroatoms. The molecule has 0 bridgehead atoms. The summed E-state index contributed by atoms with van der Waals surface area (Å²) in [5, 5.41) is 2.97. The van der Waals surface area contributed by atoms with Crippen LogP contribution >= 0.6 is 0 Å². The van der Waals surface area contributed by atoms with Gasteiger partial charge in [-0.05, 0) is 0 Å². The zero-order chi connectivity index (χ0) is 20.6. The Bertz CT molecular complexity index is 934. The van der Waals surface area contributed by atoms with Gasteiger partial charge in [-0.25, -0.2) is 0 Å². The number of hydrogen-bond donors (Lipinski definition) is 1. The fourth-order valence-corrected chi connectivity index (χ4v) is 5.87. The van der Waals surface area contributed by atoms with Crippen LogP contribution in [0.15, 0.2) is 65.7 Å². The first-order valence-electron chi connectivity index (χ1n) is 9.90. The van der Waals surface area contributed by atoms with E-state index in [0.29, 0.717) is 48.1 Å². The van der Waals surface area contributed by atoms with E-state index >= 15 is 0 Å². The van der Waals surface area contributed by atoms with Crippen molar-refractivity contribution in [1.29, 1.82) is 0 Å². The minimum absolute atomic E-state index is 0.0125. The molecule has 0 heterocycles. The number of rotatable bonds is 9. The van der Waals surface area contributed by atoms with Crippen LogP contribution in [0.1, 0.15) is 53.3 Å². The molecule has 1 aliphatic rings. The molecule has 0 atom stereocenters. The third kappa shape index (κ3) is 5.65. The Kier molecular flexibility index (Phi) is 7.80. The van der Waals surface area contributed by atoms with Crippen LogP contribution in [0.25, 0.3) is 0 Å². The van der Waals surface area contributed by atoms with Crippen molar-refractivity contribution in [2.75, 3.05) is 6.54 Å². The third-order valence-corrected chi connectivity index (χ3v) is 8.10. The number of Topliss-reactive ketones (excluding diaryl/α,β-unsaturated/α-hetero) is 2. The predicted molar refractivity (Wildman–Crippen MR) is 116 cm³/mol. The van der Waals surface area contributed by atoms with Gasteiger partial charge in [0.05, 0.1) is 0 Å². The van der Waals surface area contributed by atoms with Crippen molar-refractivity contribution in [3.8, 4) is 0 Å². The Morgan fingerprint density at radius 3 is 2.28 bits per heavy atom. The van der Waals surface area contributed by atoms with Crippen LogP contribution < -0.4 is 8.93 Å². The van der Waals surface area contributed by atoms with Gasteiger partial charge in [0.25, 0.3) is 0 Å². The van der Waals surface area contributed by atoms with Crippen molar-refractivity contribution in [2.24, 2.45) is 0 Å². The molecule has 1 amide bonds. The molecule has 4 nitrogen and oxygen atoms in total. The van der Waals surface area contributed by atoms with Crippen LogP contribution in [0.2, 0.25) is 4.47 Å². The van der Waals surface area contributed by atoms with Gasteiger partial charge in [-0.2, -0.15) is 0 Å². The number of allylic oxidation sites excluding steroid dienone is 2. The minimum atomic E-state index is -0.172. The summed E-state index contributed by atoms with van der Waals surface area (Å²) < 4.78 is 2.61. The van der Waals surface area contributed by atoms with Crippen molar-refractivity contribution < 1.29 is 14.4 Å². The molecule has 1 aliphatic carbocycles. The predicted octanol–water partition coefficient (Wildman–Crippen LogP) is 3.51. The van der Waals surface area contributed by atoms with Crippen molar-refractivity contribution in [3.05, 3.63) is 76.9 Å². The van der Waals surface area contributed by atoms with Crippen molar-refractivity contribution >= 4 is 42.0 Å². The SMILES string of the molecule is CC1=C(CCCC(=O)NCCC[Te]c2ccccc2)C(=O)c2ccccc2C1=O. The second kappa shape index (κ2) is 10.5. The summed E-state index contributed by atoms with van der Waals surface area (Å²) in [6.07, 6.45) is 2.39. The Morgan fingerprint density at radius 2 is 1.55 bits per heavy atom. The van der Waals surface area contributed by atoms with Crippen LogP contribution in [0, 0.1) is 0 Å². The molecule has 0 fully saturated rings. The second-order valence-electron chi connectivity index (χ2n) is 7.03. The number of fused-ring (bicyclic) bond motifs is 1. The summed E-state index contributed by atoms with van der Waals surface area (Å²) in [4.78, 5) is 37.3. The van der Waals surface area contributed by atoms with E-state index in [2.05, 4.69) is 29.6 Å². The zero-order valence-corrected chi connectivity index (χ0v) is 18.9.